The van der Waals surface area contributed by atoms with Crippen LogP contribution in [0.25, 0.3) is 11.2 Å². The van der Waals surface area contributed by atoms with Crippen LogP contribution in [-0.2, 0) is 13.0 Å². The number of halogens is 1. The van der Waals surface area contributed by atoms with Crippen LogP contribution in [0.4, 0.5) is 5.95 Å². The Labute approximate surface area is 125 Å². The van der Waals surface area contributed by atoms with Gasteiger partial charge in [-0.25, -0.2) is 9.97 Å². The van der Waals surface area contributed by atoms with Crippen LogP contribution in [0.2, 0.25) is 0 Å². The number of nitrogen functional groups attached to an aromatic ring is 1. The molecule has 20 heavy (non-hydrogen) atoms. The molecule has 0 unspecified atom stereocenters. The van der Waals surface area contributed by atoms with Crippen molar-refractivity contribution in [3.63, 3.8) is 0 Å². The van der Waals surface area contributed by atoms with E-state index in [1.807, 2.05) is 16.7 Å². The van der Waals surface area contributed by atoms with Crippen molar-refractivity contribution < 1.29 is 0 Å². The van der Waals surface area contributed by atoms with E-state index in [-0.39, 0.29) is 0 Å². The highest BCUT2D eigenvalue weighted by molar-refractivity contribution is 9.10. The number of imidazole rings is 1. The molecule has 0 atom stereocenters. The fourth-order valence-electron chi connectivity index (χ4n) is 2.39. The molecule has 1 aromatic carbocycles. The Morgan fingerprint density at radius 1 is 1.25 bits per heavy atom. The van der Waals surface area contributed by atoms with Crippen molar-refractivity contribution in [3.8, 4) is 0 Å². The van der Waals surface area contributed by atoms with Gasteiger partial charge >= 0.3 is 0 Å². The lowest BCUT2D eigenvalue weighted by molar-refractivity contribution is 0.815. The molecule has 0 fully saturated rings. The number of aryl methyl sites for hydroxylation is 1. The monoisotopic (exact) mass is 330 g/mol. The molecule has 0 amide bonds. The lowest BCUT2D eigenvalue weighted by Gasteiger charge is -2.10. The maximum absolute atomic E-state index is 6.04. The molecule has 0 saturated carbocycles. The van der Waals surface area contributed by atoms with Gasteiger partial charge in [0.2, 0.25) is 5.95 Å². The molecular weight excluding hydrogens is 316 g/mol. The number of anilines is 1. The first-order valence-electron chi connectivity index (χ1n) is 6.53. The molecule has 5 heteroatoms. The number of pyridine rings is 1. The molecule has 102 valence electrons. The summed E-state index contributed by atoms with van der Waals surface area (Å²) in [6, 6.07) is 10.3. The number of aromatic nitrogens is 3. The summed E-state index contributed by atoms with van der Waals surface area (Å²) in [5.41, 5.74) is 10.2. The van der Waals surface area contributed by atoms with Gasteiger partial charge in [-0.05, 0) is 39.5 Å². The predicted octanol–water partition coefficient (Wildman–Crippen LogP) is 3.39. The van der Waals surface area contributed by atoms with E-state index in [1.54, 1.807) is 6.20 Å². The Kier molecular flexibility index (Phi) is 3.44. The second-order valence-electron chi connectivity index (χ2n) is 4.67. The van der Waals surface area contributed by atoms with Crippen LogP contribution in [-0.4, -0.2) is 14.5 Å². The smallest absolute Gasteiger partial charge is 0.202 e. The molecule has 2 aromatic heterocycles. The average Bonchev–Trinajstić information content (AvgIpc) is 2.75. The summed E-state index contributed by atoms with van der Waals surface area (Å²) in [6.45, 7) is 2.85. The van der Waals surface area contributed by atoms with Crippen LogP contribution >= 0.6 is 15.9 Å². The molecular formula is C15H15BrN4. The van der Waals surface area contributed by atoms with Gasteiger partial charge in [-0.15, -0.1) is 0 Å². The molecule has 0 aliphatic rings. The third kappa shape index (κ3) is 2.29. The van der Waals surface area contributed by atoms with E-state index in [4.69, 9.17) is 5.73 Å². The van der Waals surface area contributed by atoms with Crippen molar-refractivity contribution in [2.24, 2.45) is 0 Å². The van der Waals surface area contributed by atoms with E-state index in [1.165, 1.54) is 11.1 Å². The minimum absolute atomic E-state index is 0.497. The van der Waals surface area contributed by atoms with E-state index < -0.39 is 0 Å². The lowest BCUT2D eigenvalue weighted by atomic mass is 10.1. The van der Waals surface area contributed by atoms with Crippen molar-refractivity contribution in [3.05, 3.63) is 52.1 Å². The zero-order valence-electron chi connectivity index (χ0n) is 11.2. The second kappa shape index (κ2) is 5.25. The summed E-state index contributed by atoms with van der Waals surface area (Å²) < 4.78 is 2.86. The van der Waals surface area contributed by atoms with Gasteiger partial charge in [0.25, 0.3) is 0 Å². The van der Waals surface area contributed by atoms with Crippen molar-refractivity contribution in [2.45, 2.75) is 19.9 Å². The first-order chi connectivity index (χ1) is 9.69. The third-order valence-electron chi connectivity index (χ3n) is 3.41. The average molecular weight is 331 g/mol. The van der Waals surface area contributed by atoms with Gasteiger partial charge < -0.3 is 5.73 Å². The highest BCUT2D eigenvalue weighted by Crippen LogP contribution is 2.21. The summed E-state index contributed by atoms with van der Waals surface area (Å²) in [5, 5.41) is 0. The molecule has 0 spiro atoms. The molecule has 2 heterocycles. The summed E-state index contributed by atoms with van der Waals surface area (Å²) >= 11 is 3.40. The predicted molar refractivity (Wildman–Crippen MR) is 84.6 cm³/mol. The van der Waals surface area contributed by atoms with Crippen molar-refractivity contribution in [1.29, 1.82) is 0 Å². The van der Waals surface area contributed by atoms with Gasteiger partial charge in [-0.2, -0.15) is 0 Å². The Balaban J connectivity index is 2.08. The molecule has 3 rings (SSSR count). The number of nitrogens with zero attached hydrogens (tertiary/aromatic N) is 3. The maximum Gasteiger partial charge on any atom is 0.202 e. The minimum Gasteiger partial charge on any atom is -0.369 e. The van der Waals surface area contributed by atoms with Crippen LogP contribution in [0.15, 0.2) is 41.0 Å². The standard InChI is InChI=1S/C15H15BrN4/c1-2-10-5-3-4-6-11(10)9-20-14-13(19-15(20)17)7-12(16)8-18-14/h3-8H,2,9H2,1H3,(H2,17,19). The number of hydrogen-bond donors (Lipinski definition) is 1. The van der Waals surface area contributed by atoms with E-state index in [0.717, 1.165) is 22.1 Å². The molecule has 0 radical (unpaired) electrons. The van der Waals surface area contributed by atoms with Gasteiger partial charge in [0.05, 0.1) is 6.54 Å². The Morgan fingerprint density at radius 2 is 2.00 bits per heavy atom. The van der Waals surface area contributed by atoms with Gasteiger partial charge in [-0.1, -0.05) is 31.2 Å². The Bertz CT molecular complexity index is 764. The minimum atomic E-state index is 0.497. The first-order valence-corrected chi connectivity index (χ1v) is 7.32. The van der Waals surface area contributed by atoms with E-state index in [0.29, 0.717) is 12.5 Å². The third-order valence-corrected chi connectivity index (χ3v) is 3.84. The van der Waals surface area contributed by atoms with Crippen molar-refractivity contribution >= 4 is 33.0 Å². The largest absolute Gasteiger partial charge is 0.369 e. The quantitative estimate of drug-likeness (QED) is 0.800. The number of rotatable bonds is 3. The first kappa shape index (κ1) is 13.1. The van der Waals surface area contributed by atoms with Gasteiger partial charge in [0.15, 0.2) is 5.65 Å². The van der Waals surface area contributed by atoms with Crippen LogP contribution in [0.1, 0.15) is 18.1 Å². The topological polar surface area (TPSA) is 56.7 Å². The van der Waals surface area contributed by atoms with Gasteiger partial charge in [0.1, 0.15) is 5.52 Å². The van der Waals surface area contributed by atoms with Crippen molar-refractivity contribution in [2.75, 3.05) is 5.73 Å². The molecule has 3 aromatic rings. The normalized spacial score (nSPS) is 11.1. The van der Waals surface area contributed by atoms with Crippen LogP contribution < -0.4 is 5.73 Å². The molecule has 4 nitrogen and oxygen atoms in total. The second-order valence-corrected chi connectivity index (χ2v) is 5.59. The lowest BCUT2D eigenvalue weighted by Crippen LogP contribution is -2.07. The Hall–Kier alpha value is -1.88. The SMILES string of the molecule is CCc1ccccc1Cn1c(N)nc2cc(Br)cnc21. The summed E-state index contributed by atoms with van der Waals surface area (Å²) in [5.74, 6) is 0.497. The fraction of sp³-hybridized carbons (Fsp3) is 0.200. The van der Waals surface area contributed by atoms with Crippen LogP contribution in [0.5, 0.6) is 0 Å². The van der Waals surface area contributed by atoms with E-state index >= 15 is 0 Å². The summed E-state index contributed by atoms with van der Waals surface area (Å²) in [7, 11) is 0. The molecule has 2 N–H and O–H groups in total. The maximum atomic E-state index is 6.04. The zero-order valence-corrected chi connectivity index (χ0v) is 12.8. The van der Waals surface area contributed by atoms with Gasteiger partial charge in [0, 0.05) is 10.7 Å². The number of nitrogens with two attached hydrogens (primary N) is 1. The number of hydrogen-bond acceptors (Lipinski definition) is 3. The van der Waals surface area contributed by atoms with E-state index in [9.17, 15) is 0 Å². The number of benzene rings is 1. The molecule has 0 bridgehead atoms. The highest BCUT2D eigenvalue weighted by Gasteiger charge is 2.11. The van der Waals surface area contributed by atoms with E-state index in [2.05, 4.69) is 51.0 Å². The Morgan fingerprint density at radius 3 is 2.75 bits per heavy atom. The molecule has 0 aliphatic carbocycles. The summed E-state index contributed by atoms with van der Waals surface area (Å²) in [4.78, 5) is 8.80. The van der Waals surface area contributed by atoms with Gasteiger partial charge in [-0.3, -0.25) is 4.57 Å². The molecule has 0 aliphatic heterocycles. The summed E-state index contributed by atoms with van der Waals surface area (Å²) in [6.07, 6.45) is 2.77. The zero-order chi connectivity index (χ0) is 14.1. The number of fused-ring (bicyclic) bond motifs is 1. The van der Waals surface area contributed by atoms with Crippen molar-refractivity contribution in [1.82, 2.24) is 14.5 Å². The highest BCUT2D eigenvalue weighted by atomic mass is 79.9. The molecule has 0 saturated heterocycles. The van der Waals surface area contributed by atoms with Crippen LogP contribution in [0.3, 0.4) is 0 Å². The van der Waals surface area contributed by atoms with Crippen LogP contribution in [0, 0.1) is 0 Å². The fourth-order valence-corrected chi connectivity index (χ4v) is 2.71.